The quantitative estimate of drug-likeness (QED) is 0.542. The maximum absolute atomic E-state index is 16.4. The first-order chi connectivity index (χ1) is 10.2. The van der Waals surface area contributed by atoms with Crippen LogP contribution in [-0.4, -0.2) is 8.57 Å². The van der Waals surface area contributed by atoms with E-state index in [1.165, 1.54) is 11.1 Å². The summed E-state index contributed by atoms with van der Waals surface area (Å²) in [5.41, 5.74) is 3.25. The van der Waals surface area contributed by atoms with E-state index in [1.807, 2.05) is 41.5 Å². The molecule has 0 fully saturated rings. The van der Waals surface area contributed by atoms with Crippen LogP contribution in [0.3, 0.4) is 0 Å². The van der Waals surface area contributed by atoms with Crippen molar-refractivity contribution in [3.63, 3.8) is 0 Å². The molecule has 132 valence electrons. The van der Waals surface area contributed by atoms with Crippen molar-refractivity contribution in [2.75, 3.05) is 0 Å². The van der Waals surface area contributed by atoms with Gasteiger partial charge in [-0.05, 0) is 21.9 Å². The maximum Gasteiger partial charge on any atom is 1.00 e. The molecule has 1 nitrogen and oxygen atoms in total. The molecule has 1 aromatic carbocycles. The van der Waals surface area contributed by atoms with Crippen molar-refractivity contribution < 1.29 is 23.0 Å². The Morgan fingerprint density at radius 1 is 0.833 bits per heavy atom. The number of halogens is 1. The first kappa shape index (κ1) is 23.8. The third-order valence-corrected chi connectivity index (χ3v) is 9.10. The summed E-state index contributed by atoms with van der Waals surface area (Å²) in [5.74, 6) is 0.677. The summed E-state index contributed by atoms with van der Waals surface area (Å²) in [7, 11) is -3.42. The van der Waals surface area contributed by atoms with Crippen LogP contribution in [0.25, 0.3) is 4.98 Å². The standard InChI is InChI=1S/C20H35FNSi.Li/c1-14(2)16-12-11-13-17(15(3)4)18(16)22-23(21,19(5,6)7)20(8,9)10;/h11-15H,1-10H3;/q-1;+1. The van der Waals surface area contributed by atoms with Crippen LogP contribution in [-0.2, 0) is 0 Å². The summed E-state index contributed by atoms with van der Waals surface area (Å²) in [6, 6.07) is 6.30. The van der Waals surface area contributed by atoms with E-state index in [1.54, 1.807) is 0 Å². The molecule has 0 aromatic heterocycles. The summed E-state index contributed by atoms with van der Waals surface area (Å²) in [4.78, 5) is 4.95. The molecule has 0 N–H and O–H groups in total. The third-order valence-electron chi connectivity index (χ3n) is 4.60. The van der Waals surface area contributed by atoms with Crippen LogP contribution in [0, 0.1) is 0 Å². The Labute approximate surface area is 162 Å². The van der Waals surface area contributed by atoms with Crippen molar-refractivity contribution in [3.05, 3.63) is 34.3 Å². The van der Waals surface area contributed by atoms with E-state index in [4.69, 9.17) is 4.98 Å². The average Bonchev–Trinajstić information content (AvgIpc) is 2.35. The molecular formula is C20H35FLiNSi. The van der Waals surface area contributed by atoms with Crippen molar-refractivity contribution in [1.82, 2.24) is 0 Å². The Morgan fingerprint density at radius 2 is 1.17 bits per heavy atom. The third kappa shape index (κ3) is 4.68. The van der Waals surface area contributed by atoms with Crippen molar-refractivity contribution in [3.8, 4) is 0 Å². The Bertz CT molecular complexity index is 501. The molecule has 24 heavy (non-hydrogen) atoms. The molecule has 0 radical (unpaired) electrons. The second-order valence-corrected chi connectivity index (χ2v) is 13.8. The maximum atomic E-state index is 16.4. The van der Waals surface area contributed by atoms with Crippen LogP contribution < -0.4 is 18.9 Å². The summed E-state index contributed by atoms with van der Waals surface area (Å²) in [5, 5.41) is -0.882. The van der Waals surface area contributed by atoms with Gasteiger partial charge in [-0.25, -0.2) is 0 Å². The molecule has 0 unspecified atom stereocenters. The second-order valence-electron chi connectivity index (χ2n) is 9.33. The molecule has 1 aromatic rings. The molecule has 0 saturated heterocycles. The second kappa shape index (κ2) is 7.98. The molecule has 0 saturated carbocycles. The minimum Gasteiger partial charge on any atom is -0.660 e. The fourth-order valence-electron chi connectivity index (χ4n) is 3.26. The van der Waals surface area contributed by atoms with Gasteiger partial charge in [0.2, 0.25) is 0 Å². The van der Waals surface area contributed by atoms with Crippen molar-refractivity contribution in [1.29, 1.82) is 0 Å². The minimum absolute atomic E-state index is 0. The predicted molar refractivity (Wildman–Crippen MR) is 104 cm³/mol. The van der Waals surface area contributed by atoms with Gasteiger partial charge < -0.3 is 9.09 Å². The first-order valence-electron chi connectivity index (χ1n) is 8.77. The zero-order valence-corrected chi connectivity index (χ0v) is 18.7. The molecule has 0 aliphatic carbocycles. The van der Waals surface area contributed by atoms with E-state index in [0.717, 1.165) is 5.69 Å². The van der Waals surface area contributed by atoms with Gasteiger partial charge in [0.25, 0.3) is 0 Å². The Kier molecular flexibility index (Phi) is 7.90. The normalized spacial score (nSPS) is 13.2. The molecule has 0 spiro atoms. The SMILES string of the molecule is CC(C)c1cccc(C(C)C)c1[N-][Si](F)(C(C)(C)C)C(C)(C)C.[Li+]. The van der Waals surface area contributed by atoms with E-state index >= 15 is 4.11 Å². The van der Waals surface area contributed by atoms with Gasteiger partial charge in [-0.15, -0.1) is 5.69 Å². The van der Waals surface area contributed by atoms with Crippen molar-refractivity contribution in [2.24, 2.45) is 0 Å². The van der Waals surface area contributed by atoms with Crippen LogP contribution in [0.1, 0.15) is 92.2 Å². The predicted octanol–water partition coefficient (Wildman–Crippen LogP) is 4.95. The zero-order chi connectivity index (χ0) is 18.2. The van der Waals surface area contributed by atoms with Crippen LogP contribution in [0.2, 0.25) is 10.1 Å². The number of hydrogen-bond acceptors (Lipinski definition) is 0. The Morgan fingerprint density at radius 3 is 1.42 bits per heavy atom. The largest absolute Gasteiger partial charge is 1.00 e. The fourth-order valence-corrected chi connectivity index (χ4v) is 6.74. The first-order valence-corrected chi connectivity index (χ1v) is 10.6. The van der Waals surface area contributed by atoms with Gasteiger partial charge >= 0.3 is 18.9 Å². The molecule has 0 bridgehead atoms. The molecule has 1 rings (SSSR count). The number of rotatable bonds is 4. The monoisotopic (exact) mass is 343 g/mol. The molecule has 4 heteroatoms. The van der Waals surface area contributed by atoms with Crippen LogP contribution in [0.5, 0.6) is 0 Å². The van der Waals surface area contributed by atoms with Crippen molar-refractivity contribution in [2.45, 2.75) is 91.1 Å². The van der Waals surface area contributed by atoms with Gasteiger partial charge in [0.1, 0.15) is 0 Å². The number of hydrogen-bond donors (Lipinski definition) is 0. The van der Waals surface area contributed by atoms with E-state index < -0.39 is 18.6 Å². The van der Waals surface area contributed by atoms with Gasteiger partial charge in [0.15, 0.2) is 8.57 Å². The zero-order valence-electron chi connectivity index (χ0n) is 17.7. The molecule has 0 aliphatic heterocycles. The summed E-state index contributed by atoms with van der Waals surface area (Å²) >= 11 is 0. The Balaban J connectivity index is 0.00000529. The smallest absolute Gasteiger partial charge is 0.660 e. The molecule has 0 amide bonds. The van der Waals surface area contributed by atoms with Gasteiger partial charge in [0.05, 0.1) is 0 Å². The van der Waals surface area contributed by atoms with Gasteiger partial charge in [-0.3, -0.25) is 0 Å². The van der Waals surface area contributed by atoms with E-state index in [9.17, 15) is 0 Å². The molecule has 0 atom stereocenters. The average molecular weight is 344 g/mol. The fraction of sp³-hybridized carbons (Fsp3) is 0.700. The van der Waals surface area contributed by atoms with Gasteiger partial charge in [-0.1, -0.05) is 98.6 Å². The van der Waals surface area contributed by atoms with E-state index in [0.29, 0.717) is 11.8 Å². The molecular weight excluding hydrogens is 308 g/mol. The van der Waals surface area contributed by atoms with Crippen LogP contribution in [0.15, 0.2) is 18.2 Å². The molecule has 0 aliphatic rings. The van der Waals surface area contributed by atoms with E-state index in [2.05, 4.69) is 45.9 Å². The van der Waals surface area contributed by atoms with Crippen LogP contribution in [0.4, 0.5) is 9.80 Å². The Hall–Kier alpha value is -0.236. The molecule has 0 heterocycles. The topological polar surface area (TPSA) is 14.1 Å². The number of benzene rings is 1. The van der Waals surface area contributed by atoms with Crippen molar-refractivity contribution >= 4 is 14.3 Å². The van der Waals surface area contributed by atoms with Crippen LogP contribution >= 0.6 is 0 Å². The van der Waals surface area contributed by atoms with Gasteiger partial charge in [0, 0.05) is 0 Å². The number of nitrogens with zero attached hydrogens (tertiary/aromatic N) is 1. The summed E-state index contributed by atoms with van der Waals surface area (Å²) in [6.07, 6.45) is 0. The summed E-state index contributed by atoms with van der Waals surface area (Å²) in [6.45, 7) is 20.6. The van der Waals surface area contributed by atoms with Gasteiger partial charge in [-0.2, -0.15) is 0 Å². The minimum atomic E-state index is -3.42. The van der Waals surface area contributed by atoms with E-state index in [-0.39, 0.29) is 18.9 Å². The summed E-state index contributed by atoms with van der Waals surface area (Å²) < 4.78 is 16.4.